The minimum Gasteiger partial charge on any atom is -0.395 e. The van der Waals surface area contributed by atoms with Crippen molar-refractivity contribution in [1.82, 2.24) is 4.98 Å². The smallest absolute Gasteiger partial charge is 0.395 e. The molecule has 27 heavy (non-hydrogen) atoms. The number of carbonyl (C=O) groups is 1. The Kier molecular flexibility index (Phi) is 5.82. The lowest BCUT2D eigenvalue weighted by atomic mass is 10.3. The lowest BCUT2D eigenvalue weighted by Crippen LogP contribution is -3.12. The number of nitro groups is 1. The van der Waals surface area contributed by atoms with Crippen molar-refractivity contribution in [3.63, 3.8) is 0 Å². The van der Waals surface area contributed by atoms with Gasteiger partial charge in [0.1, 0.15) is 4.92 Å². The van der Waals surface area contributed by atoms with Crippen molar-refractivity contribution < 1.29 is 19.0 Å². The number of thiazole rings is 1. The highest BCUT2D eigenvalue weighted by atomic mass is 32.1. The lowest BCUT2D eigenvalue weighted by molar-refractivity contribution is -0.894. The summed E-state index contributed by atoms with van der Waals surface area (Å²) in [5.41, 5.74) is 0.816. The maximum atomic E-state index is 13.0. The van der Waals surface area contributed by atoms with Crippen LogP contribution >= 0.6 is 11.3 Å². The second kappa shape index (κ2) is 8.28. The largest absolute Gasteiger partial charge is 0.433 e. The lowest BCUT2D eigenvalue weighted by Gasteiger charge is -2.22. The molecular formula is C18H21N4O4S+. The molecule has 0 saturated carbocycles. The van der Waals surface area contributed by atoms with E-state index < -0.39 is 16.7 Å². The van der Waals surface area contributed by atoms with Gasteiger partial charge in [0, 0.05) is 0 Å². The minimum absolute atomic E-state index is 0.0597. The number of fused-ring (bicyclic) bond motifs is 1. The first kappa shape index (κ1) is 19.0. The second-order valence-corrected chi connectivity index (χ2v) is 7.03. The number of furan rings is 1. The summed E-state index contributed by atoms with van der Waals surface area (Å²) in [7, 11) is 0. The second-order valence-electron chi connectivity index (χ2n) is 6.02. The van der Waals surface area contributed by atoms with Crippen LogP contribution in [-0.4, -0.2) is 42.0 Å². The van der Waals surface area contributed by atoms with Gasteiger partial charge in [-0.3, -0.25) is 19.8 Å². The van der Waals surface area contributed by atoms with E-state index in [1.165, 1.54) is 28.4 Å². The molecule has 3 rings (SSSR count). The van der Waals surface area contributed by atoms with Crippen molar-refractivity contribution in [1.29, 1.82) is 0 Å². The van der Waals surface area contributed by atoms with Gasteiger partial charge in [0.2, 0.25) is 0 Å². The molecule has 1 aromatic carbocycles. The molecule has 0 aliphatic heterocycles. The standard InChI is InChI=1S/C18H20N4O4S/c1-3-20(4-2)11-12-21(17(23)14-9-10-16(26-14)22(24)25)18-19-13-7-5-6-8-15(13)27-18/h5-10H,3-4,11-12H2,1-2H3/p+1. The molecular weight excluding hydrogens is 368 g/mol. The van der Waals surface area contributed by atoms with Crippen LogP contribution in [0.2, 0.25) is 0 Å². The molecule has 8 nitrogen and oxygen atoms in total. The molecule has 0 spiro atoms. The third kappa shape index (κ3) is 4.15. The van der Waals surface area contributed by atoms with Gasteiger partial charge in [-0.05, 0) is 32.0 Å². The van der Waals surface area contributed by atoms with E-state index >= 15 is 0 Å². The first-order valence-corrected chi connectivity index (χ1v) is 9.60. The third-order valence-corrected chi connectivity index (χ3v) is 5.49. The van der Waals surface area contributed by atoms with Crippen LogP contribution in [0.25, 0.3) is 10.2 Å². The number of anilines is 1. The molecule has 0 saturated heterocycles. The molecule has 0 fully saturated rings. The highest BCUT2D eigenvalue weighted by Gasteiger charge is 2.27. The Morgan fingerprint density at radius 1 is 1.26 bits per heavy atom. The zero-order valence-corrected chi connectivity index (χ0v) is 16.0. The number of hydrogen-bond acceptors (Lipinski definition) is 6. The van der Waals surface area contributed by atoms with Crippen LogP contribution in [0.4, 0.5) is 11.0 Å². The molecule has 1 amide bonds. The average molecular weight is 389 g/mol. The van der Waals surface area contributed by atoms with E-state index in [-0.39, 0.29) is 5.76 Å². The zero-order chi connectivity index (χ0) is 19.4. The molecule has 9 heteroatoms. The average Bonchev–Trinajstić information content (AvgIpc) is 3.32. The Morgan fingerprint density at radius 2 is 2.00 bits per heavy atom. The van der Waals surface area contributed by atoms with Crippen LogP contribution in [0, 0.1) is 10.1 Å². The van der Waals surface area contributed by atoms with Gasteiger partial charge < -0.3 is 9.32 Å². The summed E-state index contributed by atoms with van der Waals surface area (Å²) in [5.74, 6) is -0.929. The van der Waals surface area contributed by atoms with E-state index in [9.17, 15) is 14.9 Å². The van der Waals surface area contributed by atoms with E-state index in [2.05, 4.69) is 18.8 Å². The van der Waals surface area contributed by atoms with E-state index in [4.69, 9.17) is 4.42 Å². The SMILES string of the molecule is CC[NH+](CC)CCN(C(=O)c1ccc([N+](=O)[O-])o1)c1nc2ccccc2s1. The quantitative estimate of drug-likeness (QED) is 0.471. The number of likely N-dealkylation sites (N-methyl/N-ethyl adjacent to an activating group) is 1. The molecule has 0 aliphatic carbocycles. The van der Waals surface area contributed by atoms with E-state index in [1.807, 2.05) is 24.3 Å². The summed E-state index contributed by atoms with van der Waals surface area (Å²) in [4.78, 5) is 30.7. The Hall–Kier alpha value is -2.78. The number of benzene rings is 1. The fraction of sp³-hybridized carbons (Fsp3) is 0.333. The Labute approximate surface area is 160 Å². The molecule has 1 N–H and O–H groups in total. The molecule has 142 valence electrons. The monoisotopic (exact) mass is 389 g/mol. The molecule has 0 aliphatic rings. The van der Waals surface area contributed by atoms with Gasteiger partial charge >= 0.3 is 5.88 Å². The van der Waals surface area contributed by atoms with Crippen molar-refractivity contribution in [2.75, 3.05) is 31.1 Å². The number of carbonyl (C=O) groups excluding carboxylic acids is 1. The zero-order valence-electron chi connectivity index (χ0n) is 15.2. The molecule has 0 radical (unpaired) electrons. The fourth-order valence-electron chi connectivity index (χ4n) is 2.81. The van der Waals surface area contributed by atoms with Gasteiger partial charge in [0.15, 0.2) is 10.9 Å². The number of nitrogens with one attached hydrogen (secondary N) is 1. The summed E-state index contributed by atoms with van der Waals surface area (Å²) >= 11 is 1.42. The Balaban J connectivity index is 1.92. The summed E-state index contributed by atoms with van der Waals surface area (Å²) < 4.78 is 6.10. The normalized spacial score (nSPS) is 11.2. The predicted molar refractivity (Wildman–Crippen MR) is 104 cm³/mol. The van der Waals surface area contributed by atoms with E-state index in [0.29, 0.717) is 11.7 Å². The highest BCUT2D eigenvalue weighted by Crippen LogP contribution is 2.30. The number of aromatic nitrogens is 1. The summed E-state index contributed by atoms with van der Waals surface area (Å²) in [6, 6.07) is 10.2. The molecule has 0 atom stereocenters. The number of para-hydroxylation sites is 1. The van der Waals surface area contributed by atoms with Crippen molar-refractivity contribution in [2.24, 2.45) is 0 Å². The minimum atomic E-state index is -0.654. The first-order valence-electron chi connectivity index (χ1n) is 8.78. The van der Waals surface area contributed by atoms with E-state index in [0.717, 1.165) is 29.9 Å². The molecule has 0 unspecified atom stereocenters. The fourth-order valence-corrected chi connectivity index (χ4v) is 3.80. The van der Waals surface area contributed by atoms with Gasteiger partial charge in [0.05, 0.1) is 42.5 Å². The topological polar surface area (TPSA) is 93.9 Å². The number of amides is 1. The maximum absolute atomic E-state index is 13.0. The first-order chi connectivity index (χ1) is 13.0. The van der Waals surface area contributed by atoms with Gasteiger partial charge in [-0.2, -0.15) is 0 Å². The van der Waals surface area contributed by atoms with Crippen LogP contribution in [0.1, 0.15) is 24.4 Å². The van der Waals surface area contributed by atoms with Gasteiger partial charge in [0.25, 0.3) is 5.91 Å². The van der Waals surface area contributed by atoms with Gasteiger partial charge in [-0.25, -0.2) is 4.98 Å². The van der Waals surface area contributed by atoms with Crippen molar-refractivity contribution >= 4 is 38.5 Å². The molecule has 0 bridgehead atoms. The summed E-state index contributed by atoms with van der Waals surface area (Å²) in [6.07, 6.45) is 0. The van der Waals surface area contributed by atoms with Crippen LogP contribution in [0.3, 0.4) is 0 Å². The number of hydrogen-bond donors (Lipinski definition) is 1. The highest BCUT2D eigenvalue weighted by molar-refractivity contribution is 7.22. The number of quaternary nitrogens is 1. The third-order valence-electron chi connectivity index (χ3n) is 4.43. The maximum Gasteiger partial charge on any atom is 0.433 e. The van der Waals surface area contributed by atoms with Crippen LogP contribution in [0.15, 0.2) is 40.8 Å². The Morgan fingerprint density at radius 3 is 2.63 bits per heavy atom. The van der Waals surface area contributed by atoms with Crippen molar-refractivity contribution in [3.05, 3.63) is 52.3 Å². The Bertz CT molecular complexity index is 915. The van der Waals surface area contributed by atoms with Crippen LogP contribution < -0.4 is 9.80 Å². The molecule has 2 aromatic heterocycles. The van der Waals surface area contributed by atoms with Gasteiger partial charge in [-0.1, -0.05) is 23.5 Å². The summed E-state index contributed by atoms with van der Waals surface area (Å²) in [5, 5.41) is 11.4. The van der Waals surface area contributed by atoms with Gasteiger partial charge in [-0.15, -0.1) is 0 Å². The predicted octanol–water partition coefficient (Wildman–Crippen LogP) is 2.37. The number of rotatable bonds is 8. The van der Waals surface area contributed by atoms with E-state index in [1.54, 1.807) is 4.90 Å². The summed E-state index contributed by atoms with van der Waals surface area (Å²) in [6.45, 7) is 7.29. The van der Waals surface area contributed by atoms with Crippen LogP contribution in [-0.2, 0) is 0 Å². The molecule has 2 heterocycles. The number of nitrogens with zero attached hydrogens (tertiary/aromatic N) is 3. The van der Waals surface area contributed by atoms with Crippen LogP contribution in [0.5, 0.6) is 0 Å². The molecule has 3 aromatic rings. The van der Waals surface area contributed by atoms with Crippen molar-refractivity contribution in [3.8, 4) is 0 Å². The van der Waals surface area contributed by atoms with Crippen molar-refractivity contribution in [2.45, 2.75) is 13.8 Å².